The lowest BCUT2D eigenvalue weighted by Gasteiger charge is -2.36. The Morgan fingerprint density at radius 2 is 1.61 bits per heavy atom. The summed E-state index contributed by atoms with van der Waals surface area (Å²) in [6, 6.07) is 5.65. The molecule has 8 heteroatoms. The topological polar surface area (TPSA) is 74.6 Å². The number of benzene rings is 1. The van der Waals surface area contributed by atoms with E-state index in [2.05, 4.69) is 10.2 Å². The molecule has 0 aromatic heterocycles. The SMILES string of the molecule is CCN1C(=O)C(N=Nc2ccc(OC)cc2)C(=O)N(CC)C1=S. The van der Waals surface area contributed by atoms with Crippen molar-refractivity contribution in [2.24, 2.45) is 10.2 Å². The van der Waals surface area contributed by atoms with Crippen LogP contribution in [0.1, 0.15) is 13.8 Å². The molecular weight excluding hydrogens is 316 g/mol. The molecule has 1 aliphatic rings. The third-order valence-corrected chi connectivity index (χ3v) is 3.90. The van der Waals surface area contributed by atoms with Crippen molar-refractivity contribution in [2.45, 2.75) is 19.9 Å². The normalized spacial score (nSPS) is 16.6. The van der Waals surface area contributed by atoms with Gasteiger partial charge in [-0.25, -0.2) is 0 Å². The monoisotopic (exact) mass is 334 g/mol. The summed E-state index contributed by atoms with van der Waals surface area (Å²) in [6.07, 6.45) is 0. The lowest BCUT2D eigenvalue weighted by atomic mass is 10.2. The smallest absolute Gasteiger partial charge is 0.265 e. The van der Waals surface area contributed by atoms with Crippen molar-refractivity contribution < 1.29 is 14.3 Å². The van der Waals surface area contributed by atoms with Gasteiger partial charge in [0, 0.05) is 13.1 Å². The van der Waals surface area contributed by atoms with Crippen molar-refractivity contribution in [3.05, 3.63) is 24.3 Å². The third-order valence-electron chi connectivity index (χ3n) is 3.46. The van der Waals surface area contributed by atoms with E-state index < -0.39 is 17.9 Å². The molecule has 0 unspecified atom stereocenters. The second-order valence-corrected chi connectivity index (χ2v) is 5.13. The first-order valence-corrected chi connectivity index (χ1v) is 7.65. The maximum Gasteiger partial charge on any atom is 0.265 e. The minimum Gasteiger partial charge on any atom is -0.497 e. The molecule has 0 saturated carbocycles. The van der Waals surface area contributed by atoms with Gasteiger partial charge in [0.25, 0.3) is 11.8 Å². The average molecular weight is 334 g/mol. The van der Waals surface area contributed by atoms with Crippen LogP contribution in [0.3, 0.4) is 0 Å². The van der Waals surface area contributed by atoms with E-state index >= 15 is 0 Å². The minimum atomic E-state index is -1.19. The summed E-state index contributed by atoms with van der Waals surface area (Å²) in [4.78, 5) is 27.5. The molecule has 122 valence electrons. The molecule has 0 aliphatic carbocycles. The van der Waals surface area contributed by atoms with Crippen LogP contribution >= 0.6 is 12.2 Å². The van der Waals surface area contributed by atoms with Crippen LogP contribution in [0.4, 0.5) is 5.69 Å². The van der Waals surface area contributed by atoms with Gasteiger partial charge in [-0.3, -0.25) is 19.4 Å². The molecule has 0 atom stereocenters. The van der Waals surface area contributed by atoms with Gasteiger partial charge in [0.15, 0.2) is 5.11 Å². The Balaban J connectivity index is 2.24. The van der Waals surface area contributed by atoms with Crippen LogP contribution in [0.15, 0.2) is 34.5 Å². The zero-order chi connectivity index (χ0) is 17.0. The number of thiocarbonyl (C=S) groups is 1. The molecule has 1 saturated heterocycles. The van der Waals surface area contributed by atoms with E-state index in [4.69, 9.17) is 17.0 Å². The first-order valence-electron chi connectivity index (χ1n) is 7.25. The van der Waals surface area contributed by atoms with Crippen LogP contribution < -0.4 is 4.74 Å². The van der Waals surface area contributed by atoms with Crippen molar-refractivity contribution in [3.8, 4) is 5.75 Å². The maximum atomic E-state index is 12.4. The van der Waals surface area contributed by atoms with Crippen LogP contribution in [-0.2, 0) is 9.59 Å². The predicted molar refractivity (Wildman–Crippen MR) is 88.7 cm³/mol. The van der Waals surface area contributed by atoms with E-state index in [1.165, 1.54) is 9.80 Å². The lowest BCUT2D eigenvalue weighted by Crippen LogP contribution is -2.61. The Labute approximate surface area is 139 Å². The summed E-state index contributed by atoms with van der Waals surface area (Å²) in [6.45, 7) is 4.36. The summed E-state index contributed by atoms with van der Waals surface area (Å²) in [5.74, 6) is -0.192. The van der Waals surface area contributed by atoms with Crippen LogP contribution in [0.2, 0.25) is 0 Å². The number of hydrogen-bond acceptors (Lipinski definition) is 6. The molecule has 1 fully saturated rings. The summed E-state index contributed by atoms with van der Waals surface area (Å²) in [5, 5.41) is 8.17. The highest BCUT2D eigenvalue weighted by Gasteiger charge is 2.42. The van der Waals surface area contributed by atoms with Crippen LogP contribution in [0.5, 0.6) is 5.75 Å². The summed E-state index contributed by atoms with van der Waals surface area (Å²) < 4.78 is 5.06. The molecule has 1 aliphatic heterocycles. The summed E-state index contributed by atoms with van der Waals surface area (Å²) >= 11 is 5.18. The number of likely N-dealkylation sites (N-methyl/N-ethyl adjacent to an activating group) is 2. The van der Waals surface area contributed by atoms with Crippen LogP contribution in [-0.4, -0.2) is 53.0 Å². The van der Waals surface area contributed by atoms with Gasteiger partial charge in [0.2, 0.25) is 6.04 Å². The Morgan fingerprint density at radius 3 is 2.04 bits per heavy atom. The first-order chi connectivity index (χ1) is 11.0. The Morgan fingerprint density at radius 1 is 1.09 bits per heavy atom. The molecule has 1 heterocycles. The molecule has 2 rings (SSSR count). The molecule has 1 aromatic carbocycles. The predicted octanol–water partition coefficient (Wildman–Crippen LogP) is 2.14. The van der Waals surface area contributed by atoms with E-state index in [1.807, 2.05) is 0 Å². The van der Waals surface area contributed by atoms with Gasteiger partial charge >= 0.3 is 0 Å². The fourth-order valence-electron chi connectivity index (χ4n) is 2.19. The molecule has 0 bridgehead atoms. The van der Waals surface area contributed by atoms with Gasteiger partial charge in [-0.2, -0.15) is 10.2 Å². The van der Waals surface area contributed by atoms with Crippen molar-refractivity contribution in [1.82, 2.24) is 9.80 Å². The van der Waals surface area contributed by atoms with Crippen molar-refractivity contribution >= 4 is 34.8 Å². The minimum absolute atomic E-state index is 0.223. The number of rotatable bonds is 5. The molecule has 1 aromatic rings. The molecule has 23 heavy (non-hydrogen) atoms. The van der Waals surface area contributed by atoms with Gasteiger partial charge in [0.05, 0.1) is 12.8 Å². The van der Waals surface area contributed by atoms with Gasteiger partial charge in [-0.15, -0.1) is 0 Å². The van der Waals surface area contributed by atoms with Crippen LogP contribution in [0.25, 0.3) is 0 Å². The highest BCUT2D eigenvalue weighted by atomic mass is 32.1. The molecule has 0 radical (unpaired) electrons. The highest BCUT2D eigenvalue weighted by Crippen LogP contribution is 2.21. The molecule has 0 N–H and O–H groups in total. The standard InChI is InChI=1S/C15H18N4O3S/c1-4-18-13(20)12(14(21)19(5-2)15(18)23)17-16-10-6-8-11(22-3)9-7-10/h6-9,12H,4-5H2,1-3H3. The van der Waals surface area contributed by atoms with Crippen molar-refractivity contribution in [3.63, 3.8) is 0 Å². The number of ether oxygens (including phenoxy) is 1. The third kappa shape index (κ3) is 3.37. The van der Waals surface area contributed by atoms with E-state index in [0.717, 1.165) is 0 Å². The Kier molecular flexibility index (Phi) is 5.38. The maximum absolute atomic E-state index is 12.4. The van der Waals surface area contributed by atoms with Gasteiger partial charge in [-0.1, -0.05) is 0 Å². The molecular formula is C15H18N4O3S. The van der Waals surface area contributed by atoms with Gasteiger partial charge in [-0.05, 0) is 50.3 Å². The second kappa shape index (κ2) is 7.28. The first kappa shape index (κ1) is 17.0. The Hall–Kier alpha value is -2.35. The molecule has 2 amide bonds. The van der Waals surface area contributed by atoms with Crippen LogP contribution in [0, 0.1) is 0 Å². The number of carbonyl (C=O) groups excluding carboxylic acids is 2. The number of methoxy groups -OCH3 is 1. The fraction of sp³-hybridized carbons (Fsp3) is 0.400. The van der Waals surface area contributed by atoms with Crippen molar-refractivity contribution in [2.75, 3.05) is 20.2 Å². The van der Waals surface area contributed by atoms with Gasteiger partial charge < -0.3 is 4.74 Å². The highest BCUT2D eigenvalue weighted by molar-refractivity contribution is 7.80. The number of amides is 2. The Bertz CT molecular complexity index is 619. The number of carbonyl (C=O) groups is 2. The molecule has 0 spiro atoms. The quantitative estimate of drug-likeness (QED) is 0.470. The zero-order valence-electron chi connectivity index (χ0n) is 13.2. The van der Waals surface area contributed by atoms with Gasteiger partial charge in [0.1, 0.15) is 5.75 Å². The lowest BCUT2D eigenvalue weighted by molar-refractivity contribution is -0.142. The second-order valence-electron chi connectivity index (χ2n) is 4.76. The number of nitrogens with zero attached hydrogens (tertiary/aromatic N) is 4. The average Bonchev–Trinajstić information content (AvgIpc) is 2.56. The van der Waals surface area contributed by atoms with Crippen molar-refractivity contribution in [1.29, 1.82) is 0 Å². The summed E-state index contributed by atoms with van der Waals surface area (Å²) in [5.41, 5.74) is 0.533. The van der Waals surface area contributed by atoms with E-state index in [1.54, 1.807) is 45.2 Å². The summed E-state index contributed by atoms with van der Waals surface area (Å²) in [7, 11) is 1.57. The molecule has 7 nitrogen and oxygen atoms in total. The van der Waals surface area contributed by atoms with E-state index in [0.29, 0.717) is 24.5 Å². The largest absolute Gasteiger partial charge is 0.497 e. The number of hydrogen-bond donors (Lipinski definition) is 0. The fourth-order valence-corrected chi connectivity index (χ4v) is 2.63. The zero-order valence-corrected chi connectivity index (χ0v) is 14.0. The number of azo groups is 1. The van der Waals surface area contributed by atoms with E-state index in [9.17, 15) is 9.59 Å². The van der Waals surface area contributed by atoms with E-state index in [-0.39, 0.29) is 5.11 Å².